The van der Waals surface area contributed by atoms with E-state index in [1.807, 2.05) is 0 Å². The SMILES string of the molecule is CC(=O)O.CN(C)c1cc[c]([Hg])cc1. The number of carboxylic acids is 1. The third kappa shape index (κ3) is 6.89. The van der Waals surface area contributed by atoms with Crippen molar-refractivity contribution in [3.05, 3.63) is 24.3 Å². The summed E-state index contributed by atoms with van der Waals surface area (Å²) in [7, 11) is 4.12. The number of carbonyl (C=O) groups is 1. The Morgan fingerprint density at radius 2 is 1.64 bits per heavy atom. The molecule has 0 heterocycles. The second-order valence-corrected chi connectivity index (χ2v) is 6.25. The molecule has 0 bridgehead atoms. The Labute approximate surface area is 101 Å². The predicted octanol–water partition coefficient (Wildman–Crippen LogP) is 1.02. The van der Waals surface area contributed by atoms with Gasteiger partial charge in [-0.1, -0.05) is 0 Å². The van der Waals surface area contributed by atoms with E-state index in [4.69, 9.17) is 9.90 Å². The Hall–Kier alpha value is -0.575. The molecule has 0 saturated carbocycles. The average Bonchev–Trinajstić information content (AvgIpc) is 2.03. The molecule has 14 heavy (non-hydrogen) atoms. The summed E-state index contributed by atoms with van der Waals surface area (Å²) in [6, 6.07) is 8.75. The van der Waals surface area contributed by atoms with Gasteiger partial charge >= 0.3 is 78.1 Å². The minimum atomic E-state index is -0.833. The molecule has 0 aliphatic heterocycles. The van der Waals surface area contributed by atoms with Gasteiger partial charge in [0.1, 0.15) is 0 Å². The van der Waals surface area contributed by atoms with Crippen LogP contribution in [0, 0.1) is 0 Å². The zero-order valence-corrected chi connectivity index (χ0v) is 14.3. The summed E-state index contributed by atoms with van der Waals surface area (Å²) in [5, 5.41) is 7.42. The quantitative estimate of drug-likeness (QED) is 0.739. The Balaban J connectivity index is 0.000000364. The van der Waals surface area contributed by atoms with Crippen LogP contribution in [0.2, 0.25) is 0 Å². The zero-order valence-electron chi connectivity index (χ0n) is 8.82. The van der Waals surface area contributed by atoms with Crippen LogP contribution < -0.4 is 7.97 Å². The summed E-state index contributed by atoms with van der Waals surface area (Å²) >= 11 is 0.770. The molecule has 1 N–H and O–H groups in total. The van der Waals surface area contributed by atoms with Crippen LogP contribution in [-0.2, 0) is 30.9 Å². The molecule has 0 unspecified atom stereocenters. The Kier molecular flexibility index (Phi) is 6.54. The first kappa shape index (κ1) is 13.4. The van der Waals surface area contributed by atoms with Crippen molar-refractivity contribution in [3.63, 3.8) is 0 Å². The van der Waals surface area contributed by atoms with Crippen LogP contribution in [0.5, 0.6) is 0 Å². The molecule has 3 nitrogen and oxygen atoms in total. The van der Waals surface area contributed by atoms with E-state index in [1.54, 1.807) is 0 Å². The number of anilines is 1. The van der Waals surface area contributed by atoms with Gasteiger partial charge < -0.3 is 5.11 Å². The van der Waals surface area contributed by atoms with Gasteiger partial charge in [-0.3, -0.25) is 4.79 Å². The van der Waals surface area contributed by atoms with Crippen molar-refractivity contribution in [2.75, 3.05) is 19.0 Å². The van der Waals surface area contributed by atoms with Gasteiger partial charge in [-0.15, -0.1) is 0 Å². The van der Waals surface area contributed by atoms with Crippen LogP contribution >= 0.6 is 0 Å². The second-order valence-electron chi connectivity index (χ2n) is 3.08. The van der Waals surface area contributed by atoms with Gasteiger partial charge in [-0.05, 0) is 0 Å². The van der Waals surface area contributed by atoms with Gasteiger partial charge in [0.15, 0.2) is 0 Å². The minimum absolute atomic E-state index is 0.770. The van der Waals surface area contributed by atoms with Gasteiger partial charge in [0, 0.05) is 6.92 Å². The third-order valence-electron chi connectivity index (χ3n) is 1.45. The molecule has 0 aromatic heterocycles. The summed E-state index contributed by atoms with van der Waals surface area (Å²) in [5.74, 6) is -0.833. The Morgan fingerprint density at radius 1 is 1.29 bits per heavy atom. The molecule has 1 aromatic rings. The van der Waals surface area contributed by atoms with Crippen LogP contribution in [0.1, 0.15) is 6.92 Å². The van der Waals surface area contributed by atoms with Crippen molar-refractivity contribution in [1.82, 2.24) is 0 Å². The standard InChI is InChI=1S/C8H10N.C2H4O2.Hg/c1-9(2)8-6-4-3-5-7-8;1-2(3)4;/h4-7H,1-2H3;1H3,(H,3,4);. The number of hydrogen-bond donors (Lipinski definition) is 1. The monoisotopic (exact) mass is 382 g/mol. The van der Waals surface area contributed by atoms with Crippen molar-refractivity contribution in [2.45, 2.75) is 6.92 Å². The molecular weight excluding hydrogens is 367 g/mol. The van der Waals surface area contributed by atoms with E-state index < -0.39 is 5.97 Å². The molecule has 1 aromatic carbocycles. The molecule has 73 valence electrons. The van der Waals surface area contributed by atoms with E-state index in [-0.39, 0.29) is 0 Å². The van der Waals surface area contributed by atoms with Crippen LogP contribution in [0.15, 0.2) is 24.3 Å². The molecule has 0 amide bonds. The van der Waals surface area contributed by atoms with E-state index in [1.165, 1.54) is 8.76 Å². The van der Waals surface area contributed by atoms with E-state index in [0.29, 0.717) is 0 Å². The van der Waals surface area contributed by atoms with Crippen molar-refractivity contribution < 1.29 is 36.0 Å². The van der Waals surface area contributed by atoms with E-state index >= 15 is 0 Å². The molecule has 0 spiro atoms. The molecule has 4 heteroatoms. The van der Waals surface area contributed by atoms with Gasteiger partial charge in [-0.2, -0.15) is 0 Å². The number of benzene rings is 1. The summed E-state index contributed by atoms with van der Waals surface area (Å²) in [6.07, 6.45) is 0. The number of nitrogens with zero attached hydrogens (tertiary/aromatic N) is 1. The number of rotatable bonds is 1. The maximum atomic E-state index is 9.00. The zero-order chi connectivity index (χ0) is 11.1. The first-order chi connectivity index (χ1) is 6.43. The first-order valence-corrected chi connectivity index (χ1v) is 6.97. The second kappa shape index (κ2) is 6.82. The Bertz CT molecular complexity index is 279. The van der Waals surface area contributed by atoms with Crippen molar-refractivity contribution in [3.8, 4) is 0 Å². The van der Waals surface area contributed by atoms with Gasteiger partial charge in [-0.25, -0.2) is 0 Å². The van der Waals surface area contributed by atoms with Crippen molar-refractivity contribution >= 4 is 14.7 Å². The van der Waals surface area contributed by atoms with E-state index in [2.05, 4.69) is 43.3 Å². The summed E-state index contributed by atoms with van der Waals surface area (Å²) < 4.78 is 1.51. The molecule has 0 aliphatic rings. The molecule has 0 saturated heterocycles. The normalized spacial score (nSPS) is 8.64. The van der Waals surface area contributed by atoms with E-state index in [9.17, 15) is 0 Å². The molecule has 1 rings (SSSR count). The fraction of sp³-hybridized carbons (Fsp3) is 0.300. The summed E-state index contributed by atoms with van der Waals surface area (Å²) in [4.78, 5) is 11.1. The molecule has 0 aliphatic carbocycles. The molecule has 0 radical (unpaired) electrons. The number of aliphatic carboxylic acids is 1. The van der Waals surface area contributed by atoms with E-state index in [0.717, 1.165) is 33.0 Å². The molecule has 0 fully saturated rings. The average molecular weight is 381 g/mol. The Morgan fingerprint density at radius 3 is 1.93 bits per heavy atom. The first-order valence-electron chi connectivity index (χ1n) is 4.22. The maximum absolute atomic E-state index is 9.00. The molecule has 0 atom stereocenters. The predicted molar refractivity (Wildman–Crippen MR) is 53.7 cm³/mol. The topological polar surface area (TPSA) is 40.5 Å². The van der Waals surface area contributed by atoms with Crippen molar-refractivity contribution in [2.24, 2.45) is 0 Å². The fourth-order valence-electron chi connectivity index (χ4n) is 0.794. The fourth-order valence-corrected chi connectivity index (χ4v) is 1.71. The number of carboxylic acid groups (broad SMARTS) is 1. The van der Waals surface area contributed by atoms with Gasteiger partial charge in [0.05, 0.1) is 0 Å². The van der Waals surface area contributed by atoms with Crippen LogP contribution in [0.4, 0.5) is 5.69 Å². The van der Waals surface area contributed by atoms with Crippen molar-refractivity contribution in [1.29, 1.82) is 0 Å². The van der Waals surface area contributed by atoms with Crippen LogP contribution in [0.25, 0.3) is 0 Å². The third-order valence-corrected chi connectivity index (χ3v) is 3.29. The van der Waals surface area contributed by atoms with Gasteiger partial charge in [0.2, 0.25) is 0 Å². The van der Waals surface area contributed by atoms with Gasteiger partial charge in [0.25, 0.3) is 5.97 Å². The van der Waals surface area contributed by atoms with Crippen LogP contribution in [0.3, 0.4) is 0 Å². The molecular formula is C10H14HgNO2. The number of hydrogen-bond acceptors (Lipinski definition) is 2. The van der Waals surface area contributed by atoms with Crippen LogP contribution in [-0.4, -0.2) is 25.2 Å². The summed E-state index contributed by atoms with van der Waals surface area (Å²) in [5.41, 5.74) is 1.29. The summed E-state index contributed by atoms with van der Waals surface area (Å²) in [6.45, 7) is 1.08.